The SMILES string of the molecule is O=C(c1ccncc1F)N1C[C@@H](O)C[C@H]1c1cccc(C(F)(F)F)c1. The summed E-state index contributed by atoms with van der Waals surface area (Å²) in [6.07, 6.45) is -3.19. The molecule has 132 valence electrons. The zero-order chi connectivity index (χ0) is 18.2. The summed E-state index contributed by atoms with van der Waals surface area (Å²) in [5, 5.41) is 9.90. The molecule has 25 heavy (non-hydrogen) atoms. The Hall–Kier alpha value is -2.48. The number of pyridine rings is 1. The Bertz CT molecular complexity index is 794. The highest BCUT2D eigenvalue weighted by molar-refractivity contribution is 5.94. The summed E-state index contributed by atoms with van der Waals surface area (Å²) in [4.78, 5) is 17.4. The van der Waals surface area contributed by atoms with E-state index in [1.54, 1.807) is 0 Å². The number of benzene rings is 1. The van der Waals surface area contributed by atoms with E-state index in [0.29, 0.717) is 0 Å². The van der Waals surface area contributed by atoms with Crippen molar-refractivity contribution in [1.82, 2.24) is 9.88 Å². The van der Waals surface area contributed by atoms with Crippen LogP contribution in [0.3, 0.4) is 0 Å². The molecule has 1 aromatic heterocycles. The molecule has 0 bridgehead atoms. The van der Waals surface area contributed by atoms with Crippen LogP contribution < -0.4 is 0 Å². The number of carbonyl (C=O) groups is 1. The van der Waals surface area contributed by atoms with Crippen molar-refractivity contribution >= 4 is 5.91 Å². The molecule has 0 aliphatic carbocycles. The number of halogens is 4. The Morgan fingerprint density at radius 1 is 1.28 bits per heavy atom. The van der Waals surface area contributed by atoms with Gasteiger partial charge < -0.3 is 10.0 Å². The highest BCUT2D eigenvalue weighted by Crippen LogP contribution is 2.37. The number of hydrogen-bond acceptors (Lipinski definition) is 3. The maximum absolute atomic E-state index is 13.8. The fourth-order valence-electron chi connectivity index (χ4n) is 2.98. The first-order valence-electron chi connectivity index (χ1n) is 7.53. The second-order valence-corrected chi connectivity index (χ2v) is 5.84. The molecule has 1 aromatic carbocycles. The van der Waals surface area contributed by atoms with Crippen molar-refractivity contribution in [1.29, 1.82) is 0 Å². The lowest BCUT2D eigenvalue weighted by atomic mass is 10.0. The van der Waals surface area contributed by atoms with E-state index in [1.807, 2.05) is 0 Å². The van der Waals surface area contributed by atoms with Gasteiger partial charge >= 0.3 is 6.18 Å². The van der Waals surface area contributed by atoms with E-state index in [4.69, 9.17) is 0 Å². The minimum absolute atomic E-state index is 0.0818. The van der Waals surface area contributed by atoms with Gasteiger partial charge in [0.25, 0.3) is 5.91 Å². The molecule has 1 aliphatic heterocycles. The molecule has 1 saturated heterocycles. The fraction of sp³-hybridized carbons (Fsp3) is 0.294. The number of aliphatic hydroxyl groups is 1. The number of β-amino-alcohol motifs (C(OH)–C–C–N with tert-alkyl or cyclic N) is 1. The van der Waals surface area contributed by atoms with Crippen molar-refractivity contribution in [2.45, 2.75) is 24.7 Å². The molecule has 1 aliphatic rings. The molecule has 8 heteroatoms. The number of hydrogen-bond donors (Lipinski definition) is 1. The smallest absolute Gasteiger partial charge is 0.391 e. The van der Waals surface area contributed by atoms with Crippen LogP contribution in [0.4, 0.5) is 17.6 Å². The van der Waals surface area contributed by atoms with Gasteiger partial charge in [0.15, 0.2) is 5.82 Å². The summed E-state index contributed by atoms with van der Waals surface area (Å²) in [7, 11) is 0. The standard InChI is InChI=1S/C17H14F4N2O2/c18-14-8-22-5-4-13(14)16(25)23-9-12(24)7-15(23)10-2-1-3-11(6-10)17(19,20)21/h1-6,8,12,15,24H,7,9H2/t12-,15-/m0/s1. The molecule has 2 aromatic rings. The number of aliphatic hydroxyl groups excluding tert-OH is 1. The summed E-state index contributed by atoms with van der Waals surface area (Å²) in [6.45, 7) is -0.0818. The lowest BCUT2D eigenvalue weighted by molar-refractivity contribution is -0.137. The normalized spacial score (nSPS) is 20.8. The topological polar surface area (TPSA) is 53.4 Å². The van der Waals surface area contributed by atoms with E-state index >= 15 is 0 Å². The summed E-state index contributed by atoms with van der Waals surface area (Å²) < 4.78 is 52.6. The molecule has 1 N–H and O–H groups in total. The van der Waals surface area contributed by atoms with Gasteiger partial charge in [-0.2, -0.15) is 13.2 Å². The van der Waals surface area contributed by atoms with Gasteiger partial charge in [0, 0.05) is 12.7 Å². The third-order valence-electron chi connectivity index (χ3n) is 4.14. The molecule has 0 unspecified atom stereocenters. The van der Waals surface area contributed by atoms with E-state index in [-0.39, 0.29) is 24.1 Å². The Morgan fingerprint density at radius 3 is 2.72 bits per heavy atom. The van der Waals surface area contributed by atoms with Crippen molar-refractivity contribution in [2.75, 3.05) is 6.54 Å². The average molecular weight is 354 g/mol. The van der Waals surface area contributed by atoms with Crippen LogP contribution in [-0.2, 0) is 6.18 Å². The first kappa shape index (κ1) is 17.3. The van der Waals surface area contributed by atoms with Crippen LogP contribution in [0.1, 0.15) is 33.9 Å². The predicted molar refractivity (Wildman–Crippen MR) is 80.0 cm³/mol. The Labute approximate surface area is 140 Å². The molecule has 0 spiro atoms. The molecule has 2 atom stereocenters. The number of carbonyl (C=O) groups excluding carboxylic acids is 1. The van der Waals surface area contributed by atoms with Crippen molar-refractivity contribution in [3.05, 3.63) is 65.2 Å². The Kier molecular flexibility index (Phi) is 4.47. The highest BCUT2D eigenvalue weighted by atomic mass is 19.4. The van der Waals surface area contributed by atoms with E-state index in [9.17, 15) is 27.5 Å². The fourth-order valence-corrected chi connectivity index (χ4v) is 2.98. The maximum atomic E-state index is 13.8. The van der Waals surface area contributed by atoms with Crippen LogP contribution in [0.2, 0.25) is 0 Å². The summed E-state index contributed by atoms with van der Waals surface area (Å²) in [6, 6.07) is 5.03. The van der Waals surface area contributed by atoms with Crippen molar-refractivity contribution in [2.24, 2.45) is 0 Å². The number of alkyl halides is 3. The lowest BCUT2D eigenvalue weighted by Gasteiger charge is -2.25. The molecule has 3 rings (SSSR count). The number of rotatable bonds is 2. The third-order valence-corrected chi connectivity index (χ3v) is 4.14. The molecule has 2 heterocycles. The monoisotopic (exact) mass is 354 g/mol. The quantitative estimate of drug-likeness (QED) is 0.843. The molecule has 0 saturated carbocycles. The van der Waals surface area contributed by atoms with Gasteiger partial charge in [-0.1, -0.05) is 12.1 Å². The average Bonchev–Trinajstić information content (AvgIpc) is 2.96. The van der Waals surface area contributed by atoms with Crippen molar-refractivity contribution in [3.8, 4) is 0 Å². The van der Waals surface area contributed by atoms with E-state index in [0.717, 1.165) is 18.3 Å². The second-order valence-electron chi connectivity index (χ2n) is 5.84. The third kappa shape index (κ3) is 3.48. The summed E-state index contributed by atoms with van der Waals surface area (Å²) in [5.74, 6) is -1.52. The number of aromatic nitrogens is 1. The van der Waals surface area contributed by atoms with Crippen LogP contribution in [0.15, 0.2) is 42.7 Å². The molecule has 1 fully saturated rings. The zero-order valence-corrected chi connectivity index (χ0v) is 12.9. The minimum Gasteiger partial charge on any atom is -0.391 e. The predicted octanol–water partition coefficient (Wildman–Crippen LogP) is 3.19. The molecular formula is C17H14F4N2O2. The Morgan fingerprint density at radius 2 is 2.04 bits per heavy atom. The van der Waals surface area contributed by atoms with E-state index in [2.05, 4.69) is 4.98 Å². The van der Waals surface area contributed by atoms with Crippen molar-refractivity contribution < 1.29 is 27.5 Å². The first-order valence-corrected chi connectivity index (χ1v) is 7.53. The highest BCUT2D eigenvalue weighted by Gasteiger charge is 2.38. The molecular weight excluding hydrogens is 340 g/mol. The largest absolute Gasteiger partial charge is 0.416 e. The summed E-state index contributed by atoms with van der Waals surface area (Å²) in [5.41, 5.74) is -0.829. The van der Waals surface area contributed by atoms with Gasteiger partial charge in [-0.15, -0.1) is 0 Å². The van der Waals surface area contributed by atoms with Crippen LogP contribution in [0, 0.1) is 5.82 Å². The zero-order valence-electron chi connectivity index (χ0n) is 12.9. The molecule has 0 radical (unpaired) electrons. The Balaban J connectivity index is 1.95. The van der Waals surface area contributed by atoms with Crippen LogP contribution in [-0.4, -0.2) is 33.5 Å². The van der Waals surface area contributed by atoms with E-state index in [1.165, 1.54) is 29.3 Å². The van der Waals surface area contributed by atoms with Gasteiger partial charge in [-0.05, 0) is 30.2 Å². The van der Waals surface area contributed by atoms with Gasteiger partial charge in [-0.3, -0.25) is 9.78 Å². The maximum Gasteiger partial charge on any atom is 0.416 e. The van der Waals surface area contributed by atoms with Crippen LogP contribution in [0.25, 0.3) is 0 Å². The summed E-state index contributed by atoms with van der Waals surface area (Å²) >= 11 is 0. The number of amides is 1. The van der Waals surface area contributed by atoms with Gasteiger partial charge in [-0.25, -0.2) is 4.39 Å². The minimum atomic E-state index is -4.51. The van der Waals surface area contributed by atoms with Crippen LogP contribution in [0.5, 0.6) is 0 Å². The van der Waals surface area contributed by atoms with E-state index < -0.39 is 35.6 Å². The van der Waals surface area contributed by atoms with Gasteiger partial charge in [0.2, 0.25) is 0 Å². The number of nitrogens with zero attached hydrogens (tertiary/aromatic N) is 2. The van der Waals surface area contributed by atoms with Crippen molar-refractivity contribution in [3.63, 3.8) is 0 Å². The van der Waals surface area contributed by atoms with Gasteiger partial charge in [0.05, 0.1) is 29.5 Å². The second kappa shape index (κ2) is 6.44. The van der Waals surface area contributed by atoms with Gasteiger partial charge in [0.1, 0.15) is 0 Å². The number of likely N-dealkylation sites (tertiary alicyclic amines) is 1. The lowest BCUT2D eigenvalue weighted by Crippen LogP contribution is -2.32. The molecule has 4 nitrogen and oxygen atoms in total. The van der Waals surface area contributed by atoms with Crippen LogP contribution >= 0.6 is 0 Å². The first-order chi connectivity index (χ1) is 11.8. The molecule has 1 amide bonds.